The Morgan fingerprint density at radius 3 is 2.59 bits per heavy atom. The lowest BCUT2D eigenvalue weighted by atomic mass is 10.2. The minimum Gasteiger partial charge on any atom is -0.495 e. The molecule has 1 aromatic rings. The summed E-state index contributed by atoms with van der Waals surface area (Å²) in [6, 6.07) is 4.53. The zero-order chi connectivity index (χ0) is 13.1. The zero-order valence-electron chi connectivity index (χ0n) is 9.56. The molecule has 0 saturated carbocycles. The van der Waals surface area contributed by atoms with Crippen LogP contribution in [-0.2, 0) is 21.4 Å². The highest BCUT2D eigenvalue weighted by atomic mass is 32.2. The van der Waals surface area contributed by atoms with Crippen LogP contribution in [0.15, 0.2) is 23.1 Å². The highest BCUT2D eigenvalue weighted by molar-refractivity contribution is 7.89. The van der Waals surface area contributed by atoms with E-state index in [0.29, 0.717) is 5.56 Å². The van der Waals surface area contributed by atoms with Crippen molar-refractivity contribution in [1.29, 1.82) is 0 Å². The lowest BCUT2D eigenvalue weighted by Gasteiger charge is -2.09. The summed E-state index contributed by atoms with van der Waals surface area (Å²) in [4.78, 5) is 10.6. The Morgan fingerprint density at radius 2 is 2.12 bits per heavy atom. The summed E-state index contributed by atoms with van der Waals surface area (Å²) in [7, 11) is -2.49. The van der Waals surface area contributed by atoms with Gasteiger partial charge in [0.1, 0.15) is 10.6 Å². The van der Waals surface area contributed by atoms with E-state index in [1.165, 1.54) is 26.2 Å². The zero-order valence-corrected chi connectivity index (χ0v) is 10.4. The molecule has 17 heavy (non-hydrogen) atoms. The summed E-state index contributed by atoms with van der Waals surface area (Å²) in [5, 5.41) is 7.63. The number of hydrogen-bond donors (Lipinski definition) is 2. The molecule has 7 heteroatoms. The third kappa shape index (κ3) is 3.72. The van der Waals surface area contributed by atoms with Gasteiger partial charge in [-0.3, -0.25) is 4.79 Å². The maximum absolute atomic E-state index is 11.3. The van der Waals surface area contributed by atoms with Crippen LogP contribution < -0.4 is 15.2 Å². The van der Waals surface area contributed by atoms with Crippen LogP contribution in [0.1, 0.15) is 12.5 Å². The predicted molar refractivity (Wildman–Crippen MR) is 61.9 cm³/mol. The largest absolute Gasteiger partial charge is 0.495 e. The second-order valence-corrected chi connectivity index (χ2v) is 4.97. The molecule has 0 aliphatic heterocycles. The average molecular weight is 258 g/mol. The van der Waals surface area contributed by atoms with Crippen molar-refractivity contribution >= 4 is 15.9 Å². The van der Waals surface area contributed by atoms with E-state index in [4.69, 9.17) is 9.88 Å². The van der Waals surface area contributed by atoms with Crippen molar-refractivity contribution in [2.75, 3.05) is 7.11 Å². The molecule has 0 heterocycles. The van der Waals surface area contributed by atoms with Crippen molar-refractivity contribution in [2.45, 2.75) is 18.4 Å². The first kappa shape index (κ1) is 13.5. The highest BCUT2D eigenvalue weighted by Gasteiger charge is 2.15. The quantitative estimate of drug-likeness (QED) is 0.792. The highest BCUT2D eigenvalue weighted by Crippen LogP contribution is 2.23. The fourth-order valence-electron chi connectivity index (χ4n) is 1.28. The second-order valence-electron chi connectivity index (χ2n) is 3.44. The fourth-order valence-corrected chi connectivity index (χ4v) is 2.03. The first-order valence-electron chi connectivity index (χ1n) is 4.78. The van der Waals surface area contributed by atoms with E-state index in [1.54, 1.807) is 6.07 Å². The molecule has 1 amide bonds. The van der Waals surface area contributed by atoms with E-state index in [2.05, 4.69) is 5.32 Å². The molecule has 0 saturated heterocycles. The number of ether oxygens (including phenoxy) is 1. The van der Waals surface area contributed by atoms with Crippen molar-refractivity contribution in [3.05, 3.63) is 23.8 Å². The van der Waals surface area contributed by atoms with Crippen molar-refractivity contribution in [3.8, 4) is 5.75 Å². The molecule has 0 aliphatic rings. The number of nitrogens with one attached hydrogen (secondary N) is 1. The van der Waals surface area contributed by atoms with E-state index in [0.717, 1.165) is 0 Å². The Bertz CT molecular complexity index is 525. The summed E-state index contributed by atoms with van der Waals surface area (Å²) in [6.45, 7) is 1.62. The Hall–Kier alpha value is -1.60. The molecule has 0 radical (unpaired) electrons. The van der Waals surface area contributed by atoms with Crippen molar-refractivity contribution in [2.24, 2.45) is 5.14 Å². The number of primary sulfonamides is 1. The number of methoxy groups -OCH3 is 1. The van der Waals surface area contributed by atoms with Gasteiger partial charge in [-0.25, -0.2) is 13.6 Å². The number of benzene rings is 1. The number of sulfonamides is 1. The molecule has 0 fully saturated rings. The van der Waals surface area contributed by atoms with E-state index in [1.807, 2.05) is 0 Å². The van der Waals surface area contributed by atoms with Gasteiger partial charge in [0.25, 0.3) is 0 Å². The molecule has 0 spiro atoms. The van der Waals surface area contributed by atoms with E-state index in [-0.39, 0.29) is 23.1 Å². The first-order valence-corrected chi connectivity index (χ1v) is 6.33. The topological polar surface area (TPSA) is 98.5 Å². The van der Waals surface area contributed by atoms with Crippen LogP contribution in [0.5, 0.6) is 5.75 Å². The fraction of sp³-hybridized carbons (Fsp3) is 0.300. The molecule has 0 unspecified atom stereocenters. The number of carbonyl (C=O) groups excluding carboxylic acids is 1. The summed E-state index contributed by atoms with van der Waals surface area (Å²) in [5.74, 6) is -0.0166. The second kappa shape index (κ2) is 5.15. The molecule has 1 rings (SSSR count). The van der Waals surface area contributed by atoms with Gasteiger partial charge in [-0.2, -0.15) is 0 Å². The predicted octanol–water partition coefficient (Wildman–Crippen LogP) is -0.0213. The first-order chi connectivity index (χ1) is 7.84. The molecule has 0 atom stereocenters. The monoisotopic (exact) mass is 258 g/mol. The molecule has 94 valence electrons. The smallest absolute Gasteiger partial charge is 0.241 e. The number of carbonyl (C=O) groups is 1. The number of hydrogen-bond acceptors (Lipinski definition) is 4. The minimum absolute atomic E-state index is 0.0946. The van der Waals surface area contributed by atoms with Gasteiger partial charge in [-0.15, -0.1) is 0 Å². The lowest BCUT2D eigenvalue weighted by molar-refractivity contribution is -0.119. The number of amides is 1. The maximum atomic E-state index is 11.3. The number of rotatable bonds is 4. The van der Waals surface area contributed by atoms with Gasteiger partial charge < -0.3 is 10.1 Å². The van der Waals surface area contributed by atoms with Crippen LogP contribution in [0.4, 0.5) is 0 Å². The average Bonchev–Trinajstić information content (AvgIpc) is 2.24. The molecule has 0 aliphatic carbocycles. The van der Waals surface area contributed by atoms with Crippen LogP contribution in [0.3, 0.4) is 0 Å². The van der Waals surface area contributed by atoms with Crippen LogP contribution in [0.25, 0.3) is 0 Å². The van der Waals surface area contributed by atoms with E-state index in [9.17, 15) is 13.2 Å². The van der Waals surface area contributed by atoms with E-state index >= 15 is 0 Å². The molecular formula is C10H14N2O4S. The molecule has 0 bridgehead atoms. The molecule has 6 nitrogen and oxygen atoms in total. The summed E-state index contributed by atoms with van der Waals surface area (Å²) < 4.78 is 27.5. The van der Waals surface area contributed by atoms with Crippen molar-refractivity contribution in [1.82, 2.24) is 5.32 Å². The van der Waals surface area contributed by atoms with Gasteiger partial charge in [0.15, 0.2) is 0 Å². The summed E-state index contributed by atoms with van der Waals surface area (Å²) in [5.41, 5.74) is 0.630. The Balaban J connectivity index is 3.10. The van der Waals surface area contributed by atoms with Crippen LogP contribution in [0.2, 0.25) is 0 Å². The van der Waals surface area contributed by atoms with Gasteiger partial charge >= 0.3 is 0 Å². The summed E-state index contributed by atoms with van der Waals surface area (Å²) >= 11 is 0. The third-order valence-corrected chi connectivity index (χ3v) is 3.01. The Kier molecular flexibility index (Phi) is 4.08. The molecule has 3 N–H and O–H groups in total. The molecular weight excluding hydrogens is 244 g/mol. The van der Waals surface area contributed by atoms with Gasteiger partial charge in [0.2, 0.25) is 15.9 Å². The lowest BCUT2D eigenvalue weighted by Crippen LogP contribution is -2.19. The van der Waals surface area contributed by atoms with Crippen LogP contribution in [-0.4, -0.2) is 21.4 Å². The summed E-state index contributed by atoms with van der Waals surface area (Å²) in [6.07, 6.45) is 0. The SMILES string of the molecule is COc1ccc(CNC(C)=O)cc1S(N)(=O)=O. The van der Waals surface area contributed by atoms with E-state index < -0.39 is 10.0 Å². The number of nitrogens with two attached hydrogens (primary N) is 1. The van der Waals surface area contributed by atoms with Gasteiger partial charge in [0.05, 0.1) is 7.11 Å². The van der Waals surface area contributed by atoms with Crippen LogP contribution >= 0.6 is 0 Å². The van der Waals surface area contributed by atoms with Crippen molar-refractivity contribution < 1.29 is 17.9 Å². The standard InChI is InChI=1S/C10H14N2O4S/c1-7(13)12-6-8-3-4-9(16-2)10(5-8)17(11,14)15/h3-5H,6H2,1-2H3,(H,12,13)(H2,11,14,15). The Morgan fingerprint density at radius 1 is 1.47 bits per heavy atom. The third-order valence-electron chi connectivity index (χ3n) is 2.08. The molecule has 0 aromatic heterocycles. The molecule has 1 aromatic carbocycles. The normalized spacial score (nSPS) is 11.0. The van der Waals surface area contributed by atoms with Crippen LogP contribution in [0, 0.1) is 0 Å². The van der Waals surface area contributed by atoms with Gasteiger partial charge in [-0.05, 0) is 17.7 Å². The maximum Gasteiger partial charge on any atom is 0.241 e. The minimum atomic E-state index is -3.84. The Labute approximate surface area is 99.8 Å². The van der Waals surface area contributed by atoms with Gasteiger partial charge in [0, 0.05) is 13.5 Å². The van der Waals surface area contributed by atoms with Crippen molar-refractivity contribution in [3.63, 3.8) is 0 Å². The van der Waals surface area contributed by atoms with Gasteiger partial charge in [-0.1, -0.05) is 6.07 Å².